The molecule has 1 aromatic carbocycles. The summed E-state index contributed by atoms with van der Waals surface area (Å²) in [5.74, 6) is 5.79. The van der Waals surface area contributed by atoms with Crippen LogP contribution in [0.3, 0.4) is 0 Å². The molecule has 0 radical (unpaired) electrons. The quantitative estimate of drug-likeness (QED) is 0.646. The summed E-state index contributed by atoms with van der Waals surface area (Å²) < 4.78 is 7.90. The summed E-state index contributed by atoms with van der Waals surface area (Å²) in [6.07, 6.45) is 4.66. The topological polar surface area (TPSA) is 65.1 Å². The Kier molecular flexibility index (Phi) is 4.34. The smallest absolute Gasteiger partial charge is 0.0994 e. The van der Waals surface area contributed by atoms with Crippen molar-refractivity contribution in [2.45, 2.75) is 31.4 Å². The maximum Gasteiger partial charge on any atom is 0.0994 e. The van der Waals surface area contributed by atoms with E-state index in [4.69, 9.17) is 10.6 Å². The highest BCUT2D eigenvalue weighted by atomic mass is 16.5. The highest BCUT2D eigenvalue weighted by Crippen LogP contribution is 2.31. The van der Waals surface area contributed by atoms with Gasteiger partial charge in [-0.2, -0.15) is 5.10 Å². The molecular weight excluding hydrogens is 264 g/mol. The number of nitrogens with two attached hydrogens (primary N) is 1. The molecule has 0 aliphatic carbocycles. The van der Waals surface area contributed by atoms with Crippen molar-refractivity contribution in [2.24, 2.45) is 12.9 Å². The summed E-state index contributed by atoms with van der Waals surface area (Å²) in [4.78, 5) is 0. The Morgan fingerprint density at radius 3 is 3.05 bits per heavy atom. The van der Waals surface area contributed by atoms with Gasteiger partial charge >= 0.3 is 0 Å². The summed E-state index contributed by atoms with van der Waals surface area (Å²) in [6.45, 7) is 0.756. The molecule has 3 N–H and O–H groups in total. The maximum atomic E-state index is 5.99. The van der Waals surface area contributed by atoms with Crippen LogP contribution in [0.4, 0.5) is 0 Å². The van der Waals surface area contributed by atoms with Crippen LogP contribution in [0.15, 0.2) is 36.5 Å². The van der Waals surface area contributed by atoms with E-state index in [0.29, 0.717) is 0 Å². The number of aromatic nitrogens is 2. The van der Waals surface area contributed by atoms with Gasteiger partial charge in [-0.1, -0.05) is 24.3 Å². The van der Waals surface area contributed by atoms with Crippen molar-refractivity contribution in [2.75, 3.05) is 6.61 Å². The molecule has 0 spiro atoms. The number of benzene rings is 1. The Labute approximate surface area is 125 Å². The number of nitrogens with one attached hydrogen (secondary N) is 1. The fraction of sp³-hybridized carbons (Fsp3) is 0.438. The van der Waals surface area contributed by atoms with Crippen LogP contribution < -0.4 is 11.3 Å². The highest BCUT2D eigenvalue weighted by Gasteiger charge is 2.28. The van der Waals surface area contributed by atoms with Gasteiger partial charge in [0.25, 0.3) is 0 Å². The lowest BCUT2D eigenvalue weighted by Gasteiger charge is -2.32. The number of rotatable bonds is 5. The summed E-state index contributed by atoms with van der Waals surface area (Å²) in [5, 5.41) is 4.20. The van der Waals surface area contributed by atoms with E-state index < -0.39 is 0 Å². The van der Waals surface area contributed by atoms with E-state index in [1.807, 2.05) is 24.0 Å². The molecule has 1 aliphatic rings. The number of ether oxygens (including phenoxy) is 1. The number of aryl methyl sites for hydroxylation is 2. The van der Waals surface area contributed by atoms with Gasteiger partial charge in [0, 0.05) is 18.9 Å². The summed E-state index contributed by atoms with van der Waals surface area (Å²) in [6, 6.07) is 10.6. The predicted octanol–water partition coefficient (Wildman–Crippen LogP) is 1.50. The van der Waals surface area contributed by atoms with Crippen molar-refractivity contribution in [3.8, 4) is 0 Å². The van der Waals surface area contributed by atoms with Gasteiger partial charge < -0.3 is 4.74 Å². The number of fused-ring (bicyclic) bond motifs is 1. The van der Waals surface area contributed by atoms with Crippen LogP contribution in [0.2, 0.25) is 0 Å². The van der Waals surface area contributed by atoms with Crippen LogP contribution in [0, 0.1) is 0 Å². The van der Waals surface area contributed by atoms with Crippen molar-refractivity contribution < 1.29 is 4.74 Å². The lowest BCUT2D eigenvalue weighted by atomic mass is 9.91. The van der Waals surface area contributed by atoms with E-state index in [0.717, 1.165) is 25.9 Å². The normalized spacial score (nSPS) is 19.2. The molecule has 0 saturated heterocycles. The van der Waals surface area contributed by atoms with Crippen LogP contribution in [0.5, 0.6) is 0 Å². The van der Waals surface area contributed by atoms with Crippen LogP contribution >= 0.6 is 0 Å². The second kappa shape index (κ2) is 6.39. The fourth-order valence-corrected chi connectivity index (χ4v) is 3.03. The molecule has 2 aromatic rings. The van der Waals surface area contributed by atoms with E-state index >= 15 is 0 Å². The Balaban J connectivity index is 1.73. The fourth-order valence-electron chi connectivity index (χ4n) is 3.03. The standard InChI is InChI=1S/C16H22N4O/c1-20-13(8-10-18-20)6-7-15(19-17)16-14-5-3-2-4-12(14)9-11-21-16/h2-5,8,10,15-16,19H,6-7,9,11,17H2,1H3. The third-order valence-electron chi connectivity index (χ3n) is 4.24. The lowest BCUT2D eigenvalue weighted by Crippen LogP contribution is -2.42. The van der Waals surface area contributed by atoms with Crippen molar-refractivity contribution in [1.29, 1.82) is 0 Å². The van der Waals surface area contributed by atoms with Gasteiger partial charge in [0.15, 0.2) is 0 Å². The molecule has 1 aliphatic heterocycles. The average Bonchev–Trinajstić information content (AvgIpc) is 2.93. The molecule has 0 amide bonds. The molecule has 2 unspecified atom stereocenters. The van der Waals surface area contributed by atoms with Crippen molar-refractivity contribution in [3.05, 3.63) is 53.3 Å². The predicted molar refractivity (Wildman–Crippen MR) is 81.5 cm³/mol. The van der Waals surface area contributed by atoms with Crippen molar-refractivity contribution in [3.63, 3.8) is 0 Å². The molecule has 21 heavy (non-hydrogen) atoms. The Morgan fingerprint density at radius 2 is 2.29 bits per heavy atom. The lowest BCUT2D eigenvalue weighted by molar-refractivity contribution is 0.0132. The Hall–Kier alpha value is -1.69. The van der Waals surface area contributed by atoms with Gasteiger partial charge in [0.1, 0.15) is 0 Å². The van der Waals surface area contributed by atoms with Gasteiger partial charge in [-0.05, 0) is 36.5 Å². The molecule has 3 rings (SSSR count). The first kappa shape index (κ1) is 14.3. The molecule has 5 heteroatoms. The van der Waals surface area contributed by atoms with Gasteiger partial charge in [-0.15, -0.1) is 0 Å². The molecule has 2 atom stereocenters. The number of nitrogens with zero attached hydrogens (tertiary/aromatic N) is 2. The largest absolute Gasteiger partial charge is 0.371 e. The Morgan fingerprint density at radius 1 is 1.43 bits per heavy atom. The zero-order valence-electron chi connectivity index (χ0n) is 12.3. The third-order valence-corrected chi connectivity index (χ3v) is 4.24. The number of hydrogen-bond acceptors (Lipinski definition) is 4. The second-order valence-electron chi connectivity index (χ2n) is 5.50. The van der Waals surface area contributed by atoms with Crippen LogP contribution in [0.1, 0.15) is 29.3 Å². The van der Waals surface area contributed by atoms with E-state index in [1.54, 1.807) is 0 Å². The molecule has 0 bridgehead atoms. The van der Waals surface area contributed by atoms with E-state index in [-0.39, 0.29) is 12.1 Å². The molecule has 2 heterocycles. The third kappa shape index (κ3) is 3.00. The van der Waals surface area contributed by atoms with Crippen LogP contribution in [0.25, 0.3) is 0 Å². The SMILES string of the molecule is Cn1nccc1CCC(NN)C1OCCc2ccccc21. The molecule has 0 saturated carbocycles. The summed E-state index contributed by atoms with van der Waals surface area (Å²) in [5.41, 5.74) is 6.78. The minimum atomic E-state index is 0.0215. The number of hydrazine groups is 1. The van der Waals surface area contributed by atoms with Gasteiger partial charge in [-0.25, -0.2) is 0 Å². The molecule has 5 nitrogen and oxygen atoms in total. The summed E-state index contributed by atoms with van der Waals surface area (Å²) >= 11 is 0. The highest BCUT2D eigenvalue weighted by molar-refractivity contribution is 5.32. The van der Waals surface area contributed by atoms with Crippen LogP contribution in [-0.2, 0) is 24.6 Å². The molecule has 1 aromatic heterocycles. The zero-order valence-corrected chi connectivity index (χ0v) is 12.3. The average molecular weight is 286 g/mol. The van der Waals surface area contributed by atoms with Crippen molar-refractivity contribution in [1.82, 2.24) is 15.2 Å². The molecular formula is C16H22N4O. The Bertz CT molecular complexity index is 595. The van der Waals surface area contributed by atoms with Gasteiger partial charge in [0.05, 0.1) is 18.8 Å². The van der Waals surface area contributed by atoms with Crippen molar-refractivity contribution >= 4 is 0 Å². The maximum absolute atomic E-state index is 5.99. The molecule has 112 valence electrons. The monoisotopic (exact) mass is 286 g/mol. The second-order valence-corrected chi connectivity index (χ2v) is 5.50. The van der Waals surface area contributed by atoms with Gasteiger partial charge in [0.2, 0.25) is 0 Å². The minimum Gasteiger partial charge on any atom is -0.371 e. The van der Waals surface area contributed by atoms with Gasteiger partial charge in [-0.3, -0.25) is 16.0 Å². The summed E-state index contributed by atoms with van der Waals surface area (Å²) in [7, 11) is 1.96. The van der Waals surface area contributed by atoms with E-state index in [9.17, 15) is 0 Å². The first-order valence-electron chi connectivity index (χ1n) is 7.42. The van der Waals surface area contributed by atoms with E-state index in [2.05, 4.69) is 34.8 Å². The first-order valence-corrected chi connectivity index (χ1v) is 7.42. The minimum absolute atomic E-state index is 0.0215. The van der Waals surface area contributed by atoms with E-state index in [1.165, 1.54) is 16.8 Å². The van der Waals surface area contributed by atoms with Crippen LogP contribution in [-0.4, -0.2) is 22.4 Å². The number of hydrogen-bond donors (Lipinski definition) is 2. The molecule has 0 fully saturated rings. The zero-order chi connectivity index (χ0) is 14.7. The first-order chi connectivity index (χ1) is 10.3.